The lowest BCUT2D eigenvalue weighted by molar-refractivity contribution is 0.0341. The molecule has 1 aromatic carbocycles. The SMILES string of the molecule is O=C(c1cnc(NCc2ccccc2CN2CCOCC2)c(Cl)c1)N1CCCCC1. The van der Waals surface area contributed by atoms with E-state index in [1.165, 1.54) is 17.5 Å². The Labute approximate surface area is 183 Å². The largest absolute Gasteiger partial charge is 0.379 e. The molecule has 4 rings (SSSR count). The van der Waals surface area contributed by atoms with Crippen LogP contribution in [0.2, 0.25) is 5.02 Å². The summed E-state index contributed by atoms with van der Waals surface area (Å²) in [4.78, 5) is 21.4. The van der Waals surface area contributed by atoms with E-state index in [-0.39, 0.29) is 5.91 Å². The van der Waals surface area contributed by atoms with Crippen molar-refractivity contribution in [2.45, 2.75) is 32.4 Å². The maximum Gasteiger partial charge on any atom is 0.255 e. The highest BCUT2D eigenvalue weighted by Gasteiger charge is 2.19. The number of pyridine rings is 1. The summed E-state index contributed by atoms with van der Waals surface area (Å²) in [5.41, 5.74) is 3.07. The second kappa shape index (κ2) is 10.2. The van der Waals surface area contributed by atoms with Gasteiger partial charge in [0.25, 0.3) is 5.91 Å². The highest BCUT2D eigenvalue weighted by atomic mass is 35.5. The lowest BCUT2D eigenvalue weighted by Crippen LogP contribution is -2.36. The van der Waals surface area contributed by atoms with E-state index >= 15 is 0 Å². The number of halogens is 1. The smallest absolute Gasteiger partial charge is 0.255 e. The molecule has 2 saturated heterocycles. The van der Waals surface area contributed by atoms with Crippen LogP contribution in [-0.4, -0.2) is 60.1 Å². The molecule has 3 heterocycles. The molecule has 2 aliphatic rings. The number of nitrogens with zero attached hydrogens (tertiary/aromatic N) is 3. The van der Waals surface area contributed by atoms with Crippen LogP contribution in [0, 0.1) is 0 Å². The van der Waals surface area contributed by atoms with E-state index in [4.69, 9.17) is 16.3 Å². The first-order chi connectivity index (χ1) is 14.7. The average molecular weight is 429 g/mol. The zero-order chi connectivity index (χ0) is 20.8. The van der Waals surface area contributed by atoms with Gasteiger partial charge in [-0.2, -0.15) is 0 Å². The van der Waals surface area contributed by atoms with Crippen LogP contribution in [0.1, 0.15) is 40.7 Å². The van der Waals surface area contributed by atoms with Gasteiger partial charge in [-0.05, 0) is 36.5 Å². The minimum atomic E-state index is 0.0199. The highest BCUT2D eigenvalue weighted by Crippen LogP contribution is 2.23. The minimum Gasteiger partial charge on any atom is -0.379 e. The van der Waals surface area contributed by atoms with Crippen molar-refractivity contribution in [3.05, 3.63) is 58.2 Å². The van der Waals surface area contributed by atoms with Crippen molar-refractivity contribution < 1.29 is 9.53 Å². The van der Waals surface area contributed by atoms with Gasteiger partial charge in [0.1, 0.15) is 5.82 Å². The first-order valence-electron chi connectivity index (χ1n) is 10.8. The number of rotatable bonds is 6. The third-order valence-corrected chi connectivity index (χ3v) is 6.08. The van der Waals surface area contributed by atoms with Crippen molar-refractivity contribution in [3.8, 4) is 0 Å². The number of aromatic nitrogens is 1. The van der Waals surface area contributed by atoms with Crippen LogP contribution in [0.3, 0.4) is 0 Å². The second-order valence-electron chi connectivity index (χ2n) is 7.92. The molecule has 7 heteroatoms. The highest BCUT2D eigenvalue weighted by molar-refractivity contribution is 6.33. The predicted octanol–water partition coefficient (Wildman–Crippen LogP) is 3.81. The number of hydrogen-bond donors (Lipinski definition) is 1. The van der Waals surface area contributed by atoms with Crippen molar-refractivity contribution in [1.29, 1.82) is 0 Å². The Hall–Kier alpha value is -2.15. The summed E-state index contributed by atoms with van der Waals surface area (Å²) in [7, 11) is 0. The summed E-state index contributed by atoms with van der Waals surface area (Å²) in [5, 5.41) is 3.82. The second-order valence-corrected chi connectivity index (χ2v) is 8.33. The Morgan fingerprint density at radius 3 is 2.53 bits per heavy atom. The molecule has 0 spiro atoms. The Morgan fingerprint density at radius 1 is 1.07 bits per heavy atom. The fourth-order valence-electron chi connectivity index (χ4n) is 4.03. The molecule has 2 aromatic rings. The van der Waals surface area contributed by atoms with Gasteiger partial charge in [-0.1, -0.05) is 35.9 Å². The van der Waals surface area contributed by atoms with Gasteiger partial charge in [-0.15, -0.1) is 0 Å². The molecular formula is C23H29ClN4O2. The zero-order valence-corrected chi connectivity index (χ0v) is 18.0. The van der Waals surface area contributed by atoms with E-state index in [9.17, 15) is 4.79 Å². The molecule has 0 bridgehead atoms. The van der Waals surface area contributed by atoms with Gasteiger partial charge in [-0.3, -0.25) is 9.69 Å². The zero-order valence-electron chi connectivity index (χ0n) is 17.3. The van der Waals surface area contributed by atoms with Crippen molar-refractivity contribution in [1.82, 2.24) is 14.8 Å². The summed E-state index contributed by atoms with van der Waals surface area (Å²) in [6.07, 6.45) is 4.95. The van der Waals surface area contributed by atoms with Crippen LogP contribution in [0.15, 0.2) is 36.5 Å². The maximum atomic E-state index is 12.7. The normalized spacial score (nSPS) is 17.7. The average Bonchev–Trinajstić information content (AvgIpc) is 2.80. The molecular weight excluding hydrogens is 400 g/mol. The topological polar surface area (TPSA) is 57.7 Å². The van der Waals surface area contributed by atoms with Crippen LogP contribution < -0.4 is 5.32 Å². The number of morpholine rings is 1. The van der Waals surface area contributed by atoms with Gasteiger partial charge < -0.3 is 15.0 Å². The summed E-state index contributed by atoms with van der Waals surface area (Å²) < 4.78 is 5.45. The third kappa shape index (κ3) is 5.31. The van der Waals surface area contributed by atoms with Crippen LogP contribution in [0.5, 0.6) is 0 Å². The standard InChI is InChI=1S/C23H29ClN4O2/c24-21-14-20(23(29)28-8-4-1-5-9-28)16-26-22(21)25-15-18-6-2-3-7-19(18)17-27-10-12-30-13-11-27/h2-3,6-7,14,16H,1,4-5,8-13,15,17H2,(H,25,26). The van der Waals surface area contributed by atoms with Crippen LogP contribution in [-0.2, 0) is 17.8 Å². The Morgan fingerprint density at radius 2 is 1.80 bits per heavy atom. The quantitative estimate of drug-likeness (QED) is 0.758. The van der Waals surface area contributed by atoms with E-state index in [0.717, 1.165) is 58.8 Å². The molecule has 1 amide bonds. The monoisotopic (exact) mass is 428 g/mol. The van der Waals surface area contributed by atoms with Crippen LogP contribution in [0.25, 0.3) is 0 Å². The number of carbonyl (C=O) groups is 1. The van der Waals surface area contributed by atoms with Gasteiger partial charge >= 0.3 is 0 Å². The van der Waals surface area contributed by atoms with Crippen molar-refractivity contribution in [3.63, 3.8) is 0 Å². The molecule has 6 nitrogen and oxygen atoms in total. The van der Waals surface area contributed by atoms with E-state index in [0.29, 0.717) is 22.9 Å². The Bertz CT molecular complexity index is 864. The molecule has 30 heavy (non-hydrogen) atoms. The van der Waals surface area contributed by atoms with Crippen LogP contribution >= 0.6 is 11.6 Å². The van der Waals surface area contributed by atoms with E-state index in [2.05, 4.69) is 39.5 Å². The summed E-state index contributed by atoms with van der Waals surface area (Å²) >= 11 is 6.46. The van der Waals surface area contributed by atoms with Crippen LogP contribution in [0.4, 0.5) is 5.82 Å². The summed E-state index contributed by atoms with van der Waals surface area (Å²) in [6.45, 7) is 6.68. The molecule has 0 aliphatic carbocycles. The van der Waals surface area contributed by atoms with Gasteiger partial charge in [0, 0.05) is 45.5 Å². The maximum absolute atomic E-state index is 12.7. The number of anilines is 1. The fraction of sp³-hybridized carbons (Fsp3) is 0.478. The molecule has 0 saturated carbocycles. The predicted molar refractivity (Wildman–Crippen MR) is 119 cm³/mol. The molecule has 1 N–H and O–H groups in total. The number of hydrogen-bond acceptors (Lipinski definition) is 5. The van der Waals surface area contributed by atoms with Gasteiger partial charge in [0.05, 0.1) is 23.8 Å². The van der Waals surface area contributed by atoms with Gasteiger partial charge in [0.15, 0.2) is 0 Å². The third-order valence-electron chi connectivity index (χ3n) is 5.79. The van der Waals surface area contributed by atoms with Crippen molar-refractivity contribution in [2.24, 2.45) is 0 Å². The first-order valence-corrected chi connectivity index (χ1v) is 11.1. The number of benzene rings is 1. The van der Waals surface area contributed by atoms with E-state index in [1.54, 1.807) is 12.3 Å². The first kappa shape index (κ1) is 21.1. The van der Waals surface area contributed by atoms with Crippen molar-refractivity contribution >= 4 is 23.3 Å². The van der Waals surface area contributed by atoms with E-state index in [1.807, 2.05) is 4.90 Å². The lowest BCUT2D eigenvalue weighted by atomic mass is 10.1. The number of piperidine rings is 1. The fourth-order valence-corrected chi connectivity index (χ4v) is 4.26. The Kier molecular flexibility index (Phi) is 7.20. The molecule has 0 unspecified atom stereocenters. The number of nitrogens with one attached hydrogen (secondary N) is 1. The number of amides is 1. The lowest BCUT2D eigenvalue weighted by Gasteiger charge is -2.27. The van der Waals surface area contributed by atoms with Crippen molar-refractivity contribution in [2.75, 3.05) is 44.7 Å². The molecule has 2 fully saturated rings. The number of ether oxygens (including phenoxy) is 1. The van der Waals surface area contributed by atoms with Gasteiger partial charge in [-0.25, -0.2) is 4.98 Å². The molecule has 0 radical (unpaired) electrons. The molecule has 160 valence electrons. The molecule has 1 aromatic heterocycles. The number of likely N-dealkylation sites (tertiary alicyclic amines) is 1. The Balaban J connectivity index is 1.39. The molecule has 0 atom stereocenters. The minimum absolute atomic E-state index is 0.0199. The van der Waals surface area contributed by atoms with Gasteiger partial charge in [0.2, 0.25) is 0 Å². The number of carbonyl (C=O) groups excluding carboxylic acids is 1. The summed E-state index contributed by atoms with van der Waals surface area (Å²) in [6, 6.07) is 10.2. The molecule has 2 aliphatic heterocycles. The van der Waals surface area contributed by atoms with E-state index < -0.39 is 0 Å². The summed E-state index contributed by atoms with van der Waals surface area (Å²) in [5.74, 6) is 0.625.